The Hall–Kier alpha value is -1.82. The Labute approximate surface area is 76.7 Å². The summed E-state index contributed by atoms with van der Waals surface area (Å²) in [4.78, 5) is 4.20. The van der Waals surface area contributed by atoms with Gasteiger partial charge in [0.1, 0.15) is 0 Å². The Morgan fingerprint density at radius 3 is 3.15 bits per heavy atom. The SMILES string of the molecule is N#CCC1N=CNc2ccccc21. The highest BCUT2D eigenvalue weighted by Crippen LogP contribution is 2.29. The molecule has 13 heavy (non-hydrogen) atoms. The Balaban J connectivity index is 2.37. The molecule has 0 spiro atoms. The highest BCUT2D eigenvalue weighted by Gasteiger charge is 2.15. The van der Waals surface area contributed by atoms with Gasteiger partial charge in [-0.05, 0) is 6.07 Å². The van der Waals surface area contributed by atoms with Crippen LogP contribution in [-0.4, -0.2) is 6.34 Å². The van der Waals surface area contributed by atoms with Crippen LogP contribution in [0.15, 0.2) is 29.3 Å². The number of fused-ring (bicyclic) bond motifs is 1. The molecular weight excluding hydrogens is 162 g/mol. The number of para-hydroxylation sites is 1. The number of benzene rings is 1. The van der Waals surface area contributed by atoms with Crippen molar-refractivity contribution in [3.63, 3.8) is 0 Å². The fourth-order valence-electron chi connectivity index (χ4n) is 1.45. The molecule has 1 heterocycles. The van der Waals surface area contributed by atoms with E-state index in [1.165, 1.54) is 0 Å². The third-order valence-electron chi connectivity index (χ3n) is 2.08. The molecule has 1 atom stereocenters. The first kappa shape index (κ1) is 7.81. The number of nitrogens with one attached hydrogen (secondary N) is 1. The van der Waals surface area contributed by atoms with E-state index in [2.05, 4.69) is 16.4 Å². The van der Waals surface area contributed by atoms with Gasteiger partial charge in [0.05, 0.1) is 24.9 Å². The fourth-order valence-corrected chi connectivity index (χ4v) is 1.45. The molecule has 1 N–H and O–H groups in total. The number of rotatable bonds is 1. The van der Waals surface area contributed by atoms with E-state index in [1.807, 2.05) is 24.3 Å². The number of hydrogen-bond donors (Lipinski definition) is 1. The summed E-state index contributed by atoms with van der Waals surface area (Å²) in [7, 11) is 0. The van der Waals surface area contributed by atoms with Crippen molar-refractivity contribution in [2.75, 3.05) is 5.32 Å². The first-order valence-corrected chi connectivity index (χ1v) is 4.16. The normalized spacial score (nSPS) is 18.5. The summed E-state index contributed by atoms with van der Waals surface area (Å²) in [5, 5.41) is 11.6. The first-order valence-electron chi connectivity index (χ1n) is 4.16. The number of anilines is 1. The Kier molecular flexibility index (Phi) is 1.97. The molecular formula is C10H9N3. The standard InChI is InChI=1S/C10H9N3/c11-6-5-10-8-3-1-2-4-9(8)12-7-13-10/h1-4,7,10H,5H2,(H,12,13). The molecule has 1 aromatic rings. The average Bonchev–Trinajstić information content (AvgIpc) is 2.19. The van der Waals surface area contributed by atoms with Crippen molar-refractivity contribution in [3.8, 4) is 6.07 Å². The molecule has 0 aliphatic carbocycles. The van der Waals surface area contributed by atoms with E-state index in [1.54, 1.807) is 6.34 Å². The van der Waals surface area contributed by atoms with Crippen LogP contribution < -0.4 is 5.32 Å². The highest BCUT2D eigenvalue weighted by molar-refractivity contribution is 5.80. The zero-order chi connectivity index (χ0) is 9.10. The van der Waals surface area contributed by atoms with Crippen LogP contribution in [0.2, 0.25) is 0 Å². The smallest absolute Gasteiger partial charge is 0.0916 e. The molecule has 1 aromatic carbocycles. The van der Waals surface area contributed by atoms with Gasteiger partial charge in [-0.15, -0.1) is 0 Å². The highest BCUT2D eigenvalue weighted by atomic mass is 15.0. The van der Waals surface area contributed by atoms with Crippen LogP contribution in [-0.2, 0) is 0 Å². The van der Waals surface area contributed by atoms with Gasteiger partial charge in [0.2, 0.25) is 0 Å². The quantitative estimate of drug-likeness (QED) is 0.703. The Morgan fingerprint density at radius 1 is 1.46 bits per heavy atom. The number of hydrogen-bond acceptors (Lipinski definition) is 3. The first-order chi connectivity index (χ1) is 6.42. The largest absolute Gasteiger partial charge is 0.346 e. The fraction of sp³-hybridized carbons (Fsp3) is 0.200. The lowest BCUT2D eigenvalue weighted by molar-refractivity contribution is 0.750. The second-order valence-corrected chi connectivity index (χ2v) is 2.89. The van der Waals surface area contributed by atoms with Crippen molar-refractivity contribution in [1.82, 2.24) is 0 Å². The lowest BCUT2D eigenvalue weighted by atomic mass is 10.0. The van der Waals surface area contributed by atoms with Crippen LogP contribution in [0.3, 0.4) is 0 Å². The molecule has 0 fully saturated rings. The van der Waals surface area contributed by atoms with Gasteiger partial charge in [-0.3, -0.25) is 4.99 Å². The molecule has 1 aliphatic rings. The van der Waals surface area contributed by atoms with Gasteiger partial charge < -0.3 is 5.32 Å². The van der Waals surface area contributed by atoms with E-state index in [4.69, 9.17) is 5.26 Å². The van der Waals surface area contributed by atoms with E-state index in [0.29, 0.717) is 6.42 Å². The van der Waals surface area contributed by atoms with Gasteiger partial charge in [0.25, 0.3) is 0 Å². The summed E-state index contributed by atoms with van der Waals surface area (Å²) in [5.41, 5.74) is 2.16. The predicted molar refractivity (Wildman–Crippen MR) is 51.5 cm³/mol. The van der Waals surface area contributed by atoms with Crippen LogP contribution in [0.25, 0.3) is 0 Å². The minimum atomic E-state index is 0.00227. The van der Waals surface area contributed by atoms with Crippen LogP contribution in [0.4, 0.5) is 5.69 Å². The summed E-state index contributed by atoms with van der Waals surface area (Å²) in [6, 6.07) is 10.1. The van der Waals surface area contributed by atoms with E-state index in [-0.39, 0.29) is 6.04 Å². The average molecular weight is 171 g/mol. The topological polar surface area (TPSA) is 48.2 Å². The van der Waals surface area contributed by atoms with Crippen LogP contribution >= 0.6 is 0 Å². The molecule has 0 aromatic heterocycles. The Bertz CT molecular complexity index is 376. The molecule has 2 rings (SSSR count). The van der Waals surface area contributed by atoms with Crippen LogP contribution in [0, 0.1) is 11.3 Å². The second-order valence-electron chi connectivity index (χ2n) is 2.89. The molecule has 3 heteroatoms. The van der Waals surface area contributed by atoms with Crippen molar-refractivity contribution in [2.45, 2.75) is 12.5 Å². The second kappa shape index (κ2) is 3.28. The molecule has 0 saturated heterocycles. The van der Waals surface area contributed by atoms with Crippen molar-refractivity contribution < 1.29 is 0 Å². The maximum Gasteiger partial charge on any atom is 0.0916 e. The zero-order valence-corrected chi connectivity index (χ0v) is 7.07. The minimum Gasteiger partial charge on any atom is -0.346 e. The molecule has 3 nitrogen and oxygen atoms in total. The number of nitriles is 1. The maximum absolute atomic E-state index is 8.60. The summed E-state index contributed by atoms with van der Waals surface area (Å²) in [6.07, 6.45) is 2.10. The lowest BCUT2D eigenvalue weighted by Gasteiger charge is -2.18. The number of nitrogens with zero attached hydrogens (tertiary/aromatic N) is 2. The molecule has 0 bridgehead atoms. The predicted octanol–water partition coefficient (Wildman–Crippen LogP) is 2.10. The summed E-state index contributed by atoms with van der Waals surface area (Å²) in [6.45, 7) is 0. The van der Waals surface area contributed by atoms with E-state index >= 15 is 0 Å². The van der Waals surface area contributed by atoms with Crippen molar-refractivity contribution in [3.05, 3.63) is 29.8 Å². The van der Waals surface area contributed by atoms with Gasteiger partial charge in [0, 0.05) is 11.3 Å². The monoisotopic (exact) mass is 171 g/mol. The maximum atomic E-state index is 8.60. The molecule has 1 aliphatic heterocycles. The molecule has 1 unspecified atom stereocenters. The van der Waals surface area contributed by atoms with E-state index in [9.17, 15) is 0 Å². The van der Waals surface area contributed by atoms with Crippen molar-refractivity contribution in [2.24, 2.45) is 4.99 Å². The van der Waals surface area contributed by atoms with Gasteiger partial charge in [0.15, 0.2) is 0 Å². The van der Waals surface area contributed by atoms with Gasteiger partial charge in [-0.1, -0.05) is 18.2 Å². The van der Waals surface area contributed by atoms with E-state index < -0.39 is 0 Å². The molecule has 0 radical (unpaired) electrons. The summed E-state index contributed by atoms with van der Waals surface area (Å²) < 4.78 is 0. The van der Waals surface area contributed by atoms with Crippen molar-refractivity contribution >= 4 is 12.0 Å². The molecule has 64 valence electrons. The third-order valence-corrected chi connectivity index (χ3v) is 2.08. The van der Waals surface area contributed by atoms with Crippen LogP contribution in [0.5, 0.6) is 0 Å². The number of aliphatic imine (C=N–C) groups is 1. The summed E-state index contributed by atoms with van der Waals surface area (Å²) in [5.74, 6) is 0. The van der Waals surface area contributed by atoms with Gasteiger partial charge in [-0.25, -0.2) is 0 Å². The van der Waals surface area contributed by atoms with Crippen LogP contribution in [0.1, 0.15) is 18.0 Å². The van der Waals surface area contributed by atoms with Gasteiger partial charge >= 0.3 is 0 Å². The lowest BCUT2D eigenvalue weighted by Crippen LogP contribution is -2.09. The third kappa shape index (κ3) is 1.38. The minimum absolute atomic E-state index is 0.00227. The zero-order valence-electron chi connectivity index (χ0n) is 7.07. The van der Waals surface area contributed by atoms with E-state index in [0.717, 1.165) is 11.3 Å². The molecule has 0 saturated carbocycles. The molecule has 0 amide bonds. The summed E-state index contributed by atoms with van der Waals surface area (Å²) >= 11 is 0. The van der Waals surface area contributed by atoms with Gasteiger partial charge in [-0.2, -0.15) is 5.26 Å². The van der Waals surface area contributed by atoms with Crippen molar-refractivity contribution in [1.29, 1.82) is 5.26 Å². The Morgan fingerprint density at radius 2 is 2.31 bits per heavy atom.